The van der Waals surface area contributed by atoms with Gasteiger partial charge >= 0.3 is 0 Å². The molecule has 0 saturated heterocycles. The molecule has 0 aliphatic rings. The zero-order chi connectivity index (χ0) is 15.6. The number of nitro groups is 1. The molecule has 1 heterocycles. The van der Waals surface area contributed by atoms with E-state index in [4.69, 9.17) is 0 Å². The number of non-ortho nitro benzene ring substituents is 1. The number of rotatable bonds is 5. The number of tetrazole rings is 1. The third kappa shape index (κ3) is 3.20. The topological polar surface area (TPSA) is 144 Å². The molecule has 2 aromatic rings. The number of H-pyrrole nitrogens is 1. The van der Waals surface area contributed by atoms with Crippen LogP contribution in [-0.4, -0.2) is 34.0 Å². The zero-order valence-electron chi connectivity index (χ0n) is 11.1. The molecule has 11 heteroatoms. The third-order valence-electron chi connectivity index (χ3n) is 2.74. The second-order valence-electron chi connectivity index (χ2n) is 4.32. The molecule has 0 amide bonds. The molecule has 1 aromatic heterocycles. The van der Waals surface area contributed by atoms with Gasteiger partial charge in [0.1, 0.15) is 0 Å². The Morgan fingerprint density at radius 2 is 2.14 bits per heavy atom. The Morgan fingerprint density at radius 3 is 2.67 bits per heavy atom. The van der Waals surface area contributed by atoms with Gasteiger partial charge in [-0.3, -0.25) is 10.1 Å². The van der Waals surface area contributed by atoms with Gasteiger partial charge in [0.15, 0.2) is 5.82 Å². The van der Waals surface area contributed by atoms with E-state index < -0.39 is 21.0 Å². The Morgan fingerprint density at radius 1 is 1.43 bits per heavy atom. The maximum atomic E-state index is 12.3. The summed E-state index contributed by atoms with van der Waals surface area (Å²) in [4.78, 5) is 10.0. The molecule has 0 fully saturated rings. The fourth-order valence-electron chi connectivity index (χ4n) is 1.75. The molecule has 112 valence electrons. The fraction of sp³-hybridized carbons (Fsp3) is 0.300. The first-order valence-corrected chi connectivity index (χ1v) is 7.30. The summed E-state index contributed by atoms with van der Waals surface area (Å²) in [5.41, 5.74) is 0.106. The Labute approximate surface area is 119 Å². The quantitative estimate of drug-likeness (QED) is 0.602. The van der Waals surface area contributed by atoms with E-state index in [-0.39, 0.29) is 22.0 Å². The van der Waals surface area contributed by atoms with Gasteiger partial charge in [-0.15, -0.1) is 10.2 Å². The van der Waals surface area contributed by atoms with Crippen LogP contribution in [0.15, 0.2) is 23.1 Å². The van der Waals surface area contributed by atoms with E-state index in [0.717, 1.165) is 6.07 Å². The molecule has 0 aliphatic carbocycles. The Hall–Kier alpha value is -2.40. The van der Waals surface area contributed by atoms with Crippen LogP contribution >= 0.6 is 0 Å². The number of aromatic amines is 1. The van der Waals surface area contributed by atoms with Crippen LogP contribution in [0.4, 0.5) is 5.69 Å². The summed E-state index contributed by atoms with van der Waals surface area (Å²) in [6.07, 6.45) is 0. The summed E-state index contributed by atoms with van der Waals surface area (Å²) < 4.78 is 26.9. The number of aryl methyl sites for hydroxylation is 1. The van der Waals surface area contributed by atoms with Crippen LogP contribution in [0, 0.1) is 17.0 Å². The molecule has 0 radical (unpaired) electrons. The highest BCUT2D eigenvalue weighted by Crippen LogP contribution is 2.22. The van der Waals surface area contributed by atoms with Crippen LogP contribution in [0.2, 0.25) is 0 Å². The van der Waals surface area contributed by atoms with Gasteiger partial charge in [0.25, 0.3) is 5.69 Å². The smallest absolute Gasteiger partial charge is 0.258 e. The highest BCUT2D eigenvalue weighted by molar-refractivity contribution is 7.89. The molecule has 1 aromatic carbocycles. The first-order chi connectivity index (χ1) is 9.81. The average molecular weight is 312 g/mol. The van der Waals surface area contributed by atoms with Gasteiger partial charge in [-0.2, -0.15) is 5.21 Å². The Kier molecular flexibility index (Phi) is 3.95. The Bertz CT molecular complexity index is 758. The summed E-state index contributed by atoms with van der Waals surface area (Å²) in [7, 11) is -3.85. The van der Waals surface area contributed by atoms with Crippen molar-refractivity contribution in [1.29, 1.82) is 0 Å². The van der Waals surface area contributed by atoms with E-state index in [1.54, 1.807) is 6.92 Å². The van der Waals surface area contributed by atoms with Crippen molar-refractivity contribution in [1.82, 2.24) is 25.3 Å². The van der Waals surface area contributed by atoms with Crippen molar-refractivity contribution in [3.05, 3.63) is 39.7 Å². The fourth-order valence-corrected chi connectivity index (χ4v) is 3.18. The molecule has 2 N–H and O–H groups in total. The van der Waals surface area contributed by atoms with Gasteiger partial charge in [0.2, 0.25) is 10.0 Å². The van der Waals surface area contributed by atoms with Crippen molar-refractivity contribution >= 4 is 15.7 Å². The van der Waals surface area contributed by atoms with Gasteiger partial charge in [-0.1, -0.05) is 5.21 Å². The summed E-state index contributed by atoms with van der Waals surface area (Å²) in [6, 6.07) is 2.84. The molecule has 0 saturated carbocycles. The molecule has 1 unspecified atom stereocenters. The normalized spacial score (nSPS) is 13.0. The predicted octanol–water partition coefficient (Wildman–Crippen LogP) is 0.456. The standard InChI is InChI=1S/C10H12N6O4S/c1-6-5-8(16(17)18)3-4-9(6)21(19,20)13-7(2)10-11-14-15-12-10/h3-5,7,13H,1-2H3,(H,11,12,14,15). The van der Waals surface area contributed by atoms with Crippen molar-refractivity contribution in [2.75, 3.05) is 0 Å². The molecule has 2 rings (SSSR count). The van der Waals surface area contributed by atoms with E-state index in [2.05, 4.69) is 25.3 Å². The lowest BCUT2D eigenvalue weighted by Gasteiger charge is -2.12. The van der Waals surface area contributed by atoms with Crippen molar-refractivity contribution in [2.24, 2.45) is 0 Å². The number of sulfonamides is 1. The molecule has 1 atom stereocenters. The molecule has 0 spiro atoms. The lowest BCUT2D eigenvalue weighted by Crippen LogP contribution is -2.28. The number of benzene rings is 1. The number of aromatic nitrogens is 4. The second-order valence-corrected chi connectivity index (χ2v) is 6.00. The molecule has 0 aliphatic heterocycles. The average Bonchev–Trinajstić information content (AvgIpc) is 2.91. The number of hydrogen-bond donors (Lipinski definition) is 2. The first-order valence-electron chi connectivity index (χ1n) is 5.82. The van der Waals surface area contributed by atoms with Gasteiger partial charge in [0, 0.05) is 12.1 Å². The lowest BCUT2D eigenvalue weighted by atomic mass is 10.2. The predicted molar refractivity (Wildman–Crippen MR) is 70.7 cm³/mol. The van der Waals surface area contributed by atoms with E-state index in [1.807, 2.05) is 0 Å². The van der Waals surface area contributed by atoms with Gasteiger partial charge in [-0.05, 0) is 25.5 Å². The van der Waals surface area contributed by atoms with Gasteiger partial charge in [0.05, 0.1) is 15.9 Å². The van der Waals surface area contributed by atoms with Crippen molar-refractivity contribution < 1.29 is 13.3 Å². The van der Waals surface area contributed by atoms with Crippen LogP contribution in [0.25, 0.3) is 0 Å². The van der Waals surface area contributed by atoms with Crippen LogP contribution < -0.4 is 4.72 Å². The van der Waals surface area contributed by atoms with Crippen LogP contribution in [0.3, 0.4) is 0 Å². The number of nitrogens with zero attached hydrogens (tertiary/aromatic N) is 4. The largest absolute Gasteiger partial charge is 0.269 e. The molecule has 21 heavy (non-hydrogen) atoms. The Balaban J connectivity index is 2.29. The minimum Gasteiger partial charge on any atom is -0.258 e. The van der Waals surface area contributed by atoms with E-state index >= 15 is 0 Å². The summed E-state index contributed by atoms with van der Waals surface area (Å²) in [5.74, 6) is 0.193. The summed E-state index contributed by atoms with van der Waals surface area (Å²) in [6.45, 7) is 3.05. The first kappa shape index (κ1) is 15.0. The van der Waals surface area contributed by atoms with E-state index in [9.17, 15) is 18.5 Å². The molecule has 0 bridgehead atoms. The number of hydrogen-bond acceptors (Lipinski definition) is 7. The maximum absolute atomic E-state index is 12.3. The third-order valence-corrected chi connectivity index (χ3v) is 4.44. The van der Waals surface area contributed by atoms with Crippen molar-refractivity contribution in [3.8, 4) is 0 Å². The second kappa shape index (κ2) is 5.54. The highest BCUT2D eigenvalue weighted by Gasteiger charge is 2.23. The SMILES string of the molecule is Cc1cc([N+](=O)[O-])ccc1S(=O)(=O)NC(C)c1nn[nH]n1. The van der Waals surface area contributed by atoms with Gasteiger partial charge < -0.3 is 0 Å². The summed E-state index contributed by atoms with van der Waals surface area (Å²) in [5, 5.41) is 23.6. The number of nitrogens with one attached hydrogen (secondary N) is 2. The lowest BCUT2D eigenvalue weighted by molar-refractivity contribution is -0.385. The van der Waals surface area contributed by atoms with Gasteiger partial charge in [-0.25, -0.2) is 13.1 Å². The molecular weight excluding hydrogens is 300 g/mol. The minimum atomic E-state index is -3.85. The zero-order valence-corrected chi connectivity index (χ0v) is 12.0. The molecular formula is C10H12N6O4S. The van der Waals surface area contributed by atoms with Crippen molar-refractivity contribution in [2.45, 2.75) is 24.8 Å². The highest BCUT2D eigenvalue weighted by atomic mass is 32.2. The van der Waals surface area contributed by atoms with Crippen LogP contribution in [0.5, 0.6) is 0 Å². The van der Waals surface area contributed by atoms with E-state index in [0.29, 0.717) is 0 Å². The van der Waals surface area contributed by atoms with Crippen LogP contribution in [0.1, 0.15) is 24.4 Å². The van der Waals surface area contributed by atoms with E-state index in [1.165, 1.54) is 19.1 Å². The molecule has 10 nitrogen and oxygen atoms in total. The monoisotopic (exact) mass is 312 g/mol. The van der Waals surface area contributed by atoms with Crippen molar-refractivity contribution in [3.63, 3.8) is 0 Å². The minimum absolute atomic E-state index is 0.0385. The summed E-state index contributed by atoms with van der Waals surface area (Å²) >= 11 is 0. The van der Waals surface area contributed by atoms with Crippen LogP contribution in [-0.2, 0) is 10.0 Å². The number of nitro benzene ring substituents is 1. The maximum Gasteiger partial charge on any atom is 0.269 e.